The first-order valence-corrected chi connectivity index (χ1v) is 9.60. The predicted molar refractivity (Wildman–Crippen MR) is 101 cm³/mol. The molecule has 0 N–H and O–H groups in total. The molecule has 3 heterocycles. The number of ether oxygens (including phenoxy) is 1. The van der Waals surface area contributed by atoms with Crippen molar-refractivity contribution in [3.8, 4) is 0 Å². The Morgan fingerprint density at radius 3 is 2.60 bits per heavy atom. The largest absolute Gasteiger partial charge is 0.444 e. The van der Waals surface area contributed by atoms with Crippen molar-refractivity contribution in [2.45, 2.75) is 45.9 Å². The van der Waals surface area contributed by atoms with E-state index in [0.29, 0.717) is 24.1 Å². The van der Waals surface area contributed by atoms with Gasteiger partial charge < -0.3 is 4.74 Å². The minimum Gasteiger partial charge on any atom is -0.444 e. The van der Waals surface area contributed by atoms with E-state index in [4.69, 9.17) is 4.74 Å². The number of anilines is 1. The maximum atomic E-state index is 13.2. The summed E-state index contributed by atoms with van der Waals surface area (Å²) in [7, 11) is 0. The lowest BCUT2D eigenvalue weighted by Crippen LogP contribution is -2.28. The van der Waals surface area contributed by atoms with E-state index >= 15 is 0 Å². The smallest absolute Gasteiger partial charge is 0.429 e. The zero-order valence-corrected chi connectivity index (χ0v) is 16.6. The molecule has 2 amide bonds. The van der Waals surface area contributed by atoms with Crippen LogP contribution in [0.2, 0.25) is 0 Å². The van der Waals surface area contributed by atoms with Crippen molar-refractivity contribution in [1.29, 1.82) is 0 Å². The first kappa shape index (κ1) is 20.3. The number of nitrogens with zero attached hydrogens (tertiary/aromatic N) is 5. The van der Waals surface area contributed by atoms with Crippen LogP contribution in [0.15, 0.2) is 17.3 Å². The molecule has 0 aromatic carbocycles. The number of amides is 2. The second-order valence-electron chi connectivity index (χ2n) is 7.92. The topological polar surface area (TPSA) is 89.2 Å². The normalized spacial score (nSPS) is 20.4. The quantitative estimate of drug-likeness (QED) is 0.702. The third-order valence-corrected chi connectivity index (χ3v) is 5.19. The molecule has 2 aromatic heterocycles. The average Bonchev–Trinajstić information content (AvgIpc) is 3.26. The number of carbonyl (C=O) groups excluding carboxylic acids is 2. The summed E-state index contributed by atoms with van der Waals surface area (Å²) in [5.74, 6) is -1.49. The third-order valence-electron chi connectivity index (χ3n) is 5.19. The van der Waals surface area contributed by atoms with Crippen molar-refractivity contribution in [3.63, 3.8) is 0 Å². The van der Waals surface area contributed by atoms with Crippen molar-refractivity contribution < 1.29 is 27.5 Å². The number of hydrogen-bond donors (Lipinski definition) is 0. The van der Waals surface area contributed by atoms with Crippen LogP contribution in [0.5, 0.6) is 0 Å². The van der Waals surface area contributed by atoms with Gasteiger partial charge in [0, 0.05) is 5.92 Å². The van der Waals surface area contributed by atoms with Gasteiger partial charge in [0.2, 0.25) is 0 Å². The van der Waals surface area contributed by atoms with Gasteiger partial charge in [-0.15, -0.1) is 5.10 Å². The molecule has 1 aliphatic carbocycles. The highest BCUT2D eigenvalue weighted by Gasteiger charge is 2.46. The molecule has 11 heteroatoms. The van der Waals surface area contributed by atoms with E-state index < -0.39 is 29.8 Å². The highest BCUT2D eigenvalue weighted by Crippen LogP contribution is 2.38. The maximum Gasteiger partial charge on any atom is 0.429 e. The number of imidazole rings is 1. The first-order valence-electron chi connectivity index (χ1n) is 9.60. The number of fused-ring (bicyclic) bond motifs is 1. The van der Waals surface area contributed by atoms with Crippen molar-refractivity contribution in [1.82, 2.24) is 14.6 Å². The fourth-order valence-corrected chi connectivity index (χ4v) is 3.31. The van der Waals surface area contributed by atoms with Gasteiger partial charge in [0.1, 0.15) is 11.8 Å². The fraction of sp³-hybridized carbons (Fsp3) is 0.526. The van der Waals surface area contributed by atoms with Crippen molar-refractivity contribution in [2.24, 2.45) is 16.8 Å². The molecule has 2 aliphatic rings. The van der Waals surface area contributed by atoms with Crippen molar-refractivity contribution >= 4 is 29.2 Å². The van der Waals surface area contributed by atoms with Crippen LogP contribution in [0, 0.1) is 18.8 Å². The molecule has 0 radical (unpaired) electrons. The van der Waals surface area contributed by atoms with Crippen LogP contribution in [0.4, 0.5) is 23.8 Å². The van der Waals surface area contributed by atoms with E-state index in [1.807, 2.05) is 13.8 Å². The van der Waals surface area contributed by atoms with E-state index in [2.05, 4.69) is 15.1 Å². The van der Waals surface area contributed by atoms with E-state index in [-0.39, 0.29) is 30.1 Å². The average molecular weight is 423 g/mol. The van der Waals surface area contributed by atoms with Gasteiger partial charge in [-0.2, -0.15) is 13.2 Å². The Labute approximate surface area is 169 Å². The Morgan fingerprint density at radius 1 is 1.33 bits per heavy atom. The van der Waals surface area contributed by atoms with E-state index in [1.165, 1.54) is 4.90 Å². The Balaban J connectivity index is 1.73. The van der Waals surface area contributed by atoms with Gasteiger partial charge in [0.05, 0.1) is 12.7 Å². The fourth-order valence-electron chi connectivity index (χ4n) is 3.31. The summed E-state index contributed by atoms with van der Waals surface area (Å²) in [5.41, 5.74) is -0.379. The Bertz CT molecular complexity index is 1060. The van der Waals surface area contributed by atoms with Gasteiger partial charge in [0.25, 0.3) is 5.91 Å². The van der Waals surface area contributed by atoms with Crippen LogP contribution in [0.1, 0.15) is 42.7 Å². The Morgan fingerprint density at radius 2 is 2.03 bits per heavy atom. The minimum atomic E-state index is -4.67. The van der Waals surface area contributed by atoms with Crippen LogP contribution in [0.25, 0.3) is 5.65 Å². The zero-order valence-electron chi connectivity index (χ0n) is 16.6. The second kappa shape index (κ2) is 7.06. The SMILES string of the molecule is Cc1cc(N2CC(C(C)C)OC2=O)nn2c(C(=O)N=C(C3CC3)C(F)(F)F)cnc12. The van der Waals surface area contributed by atoms with Crippen molar-refractivity contribution in [3.05, 3.63) is 23.5 Å². The summed E-state index contributed by atoms with van der Waals surface area (Å²) in [6.45, 7) is 5.83. The van der Waals surface area contributed by atoms with E-state index in [0.717, 1.165) is 10.7 Å². The number of aromatic nitrogens is 3. The maximum absolute atomic E-state index is 13.2. The summed E-state index contributed by atoms with van der Waals surface area (Å²) < 4.78 is 46.1. The summed E-state index contributed by atoms with van der Waals surface area (Å²) in [4.78, 5) is 33.6. The zero-order chi connectivity index (χ0) is 21.8. The summed E-state index contributed by atoms with van der Waals surface area (Å²) in [5, 5.41) is 4.28. The number of carbonyl (C=O) groups is 2. The number of rotatable bonds is 4. The third kappa shape index (κ3) is 3.63. The Hall–Kier alpha value is -2.98. The molecular formula is C19H20F3N5O3. The summed E-state index contributed by atoms with van der Waals surface area (Å²) in [6.07, 6.45) is -3.69. The van der Waals surface area contributed by atoms with Crippen LogP contribution >= 0.6 is 0 Å². The number of alkyl halides is 3. The predicted octanol–water partition coefficient (Wildman–Crippen LogP) is 3.57. The van der Waals surface area contributed by atoms with Crippen LogP contribution in [0.3, 0.4) is 0 Å². The lowest BCUT2D eigenvalue weighted by Gasteiger charge is -2.14. The number of aliphatic imine (C=N–C) groups is 1. The molecule has 2 aromatic rings. The van der Waals surface area contributed by atoms with E-state index in [9.17, 15) is 22.8 Å². The summed E-state index contributed by atoms with van der Waals surface area (Å²) >= 11 is 0. The van der Waals surface area contributed by atoms with Gasteiger partial charge in [-0.05, 0) is 37.3 Å². The monoisotopic (exact) mass is 423 g/mol. The molecular weight excluding hydrogens is 403 g/mol. The second-order valence-corrected chi connectivity index (χ2v) is 7.92. The molecule has 4 rings (SSSR count). The van der Waals surface area contributed by atoms with Crippen molar-refractivity contribution in [2.75, 3.05) is 11.4 Å². The van der Waals surface area contributed by atoms with Crippen LogP contribution < -0.4 is 4.90 Å². The van der Waals surface area contributed by atoms with Gasteiger partial charge in [0.15, 0.2) is 17.2 Å². The molecule has 8 nitrogen and oxygen atoms in total. The molecule has 1 saturated carbocycles. The van der Waals surface area contributed by atoms with Crippen LogP contribution in [-0.2, 0) is 4.74 Å². The highest BCUT2D eigenvalue weighted by molar-refractivity contribution is 6.06. The van der Waals surface area contributed by atoms with E-state index in [1.54, 1.807) is 13.0 Å². The molecule has 1 saturated heterocycles. The number of hydrogen-bond acceptors (Lipinski definition) is 5. The standard InChI is InChI=1S/C19H20F3N5O3/c1-9(2)13-8-26(18(29)30-13)14-6-10(3)16-23-7-12(27(16)25-14)17(28)24-15(11-4-5-11)19(20,21)22/h6-7,9,11,13H,4-5,8H2,1-3H3. The summed E-state index contributed by atoms with van der Waals surface area (Å²) in [6, 6.07) is 1.62. The van der Waals surface area contributed by atoms with Gasteiger partial charge in [-0.3, -0.25) is 9.69 Å². The molecule has 160 valence electrons. The number of halogens is 3. The molecule has 0 spiro atoms. The highest BCUT2D eigenvalue weighted by atomic mass is 19.4. The first-order chi connectivity index (χ1) is 14.1. The molecule has 0 bridgehead atoms. The lowest BCUT2D eigenvalue weighted by atomic mass is 10.1. The van der Waals surface area contributed by atoms with Gasteiger partial charge >= 0.3 is 12.3 Å². The molecule has 1 unspecified atom stereocenters. The molecule has 30 heavy (non-hydrogen) atoms. The molecule has 1 atom stereocenters. The van der Waals surface area contributed by atoms with Gasteiger partial charge in [-0.25, -0.2) is 19.3 Å². The molecule has 1 aliphatic heterocycles. The Kier molecular flexibility index (Phi) is 4.78. The van der Waals surface area contributed by atoms with Crippen LogP contribution in [-0.4, -0.2) is 51.1 Å². The molecule has 2 fully saturated rings. The minimum absolute atomic E-state index is 0.103. The number of aryl methyl sites for hydroxylation is 1. The van der Waals surface area contributed by atoms with Gasteiger partial charge in [-0.1, -0.05) is 13.8 Å². The number of cyclic esters (lactones) is 1. The lowest BCUT2D eigenvalue weighted by molar-refractivity contribution is -0.0613.